The van der Waals surface area contributed by atoms with Gasteiger partial charge in [0.15, 0.2) is 0 Å². The number of fused-ring (bicyclic) bond motifs is 1. The van der Waals surface area contributed by atoms with Crippen molar-refractivity contribution in [3.8, 4) is 0 Å². The normalized spacial score (nSPS) is 13.6. The number of ketones is 3. The number of carbonyl (C=O) groups excluding carboxylic acids is 4. The van der Waals surface area contributed by atoms with Crippen molar-refractivity contribution in [1.82, 2.24) is 10.3 Å². The first-order valence-corrected chi connectivity index (χ1v) is 5.54. The zero-order valence-corrected chi connectivity index (χ0v) is 10.1. The number of aromatic nitrogens is 1. The van der Waals surface area contributed by atoms with Crippen LogP contribution in [0.4, 0.5) is 0 Å². The van der Waals surface area contributed by atoms with E-state index in [1.165, 1.54) is 25.3 Å². The molecule has 0 spiro atoms. The molecule has 0 unspecified atom stereocenters. The Hall–Kier alpha value is -2.63. The zero-order chi connectivity index (χ0) is 14.0. The van der Waals surface area contributed by atoms with E-state index in [4.69, 9.17) is 0 Å². The molecule has 0 saturated heterocycles. The van der Waals surface area contributed by atoms with Gasteiger partial charge >= 0.3 is 0 Å². The summed E-state index contributed by atoms with van der Waals surface area (Å²) in [6.07, 6.45) is 2.10. The number of Topliss-reactive ketones (excluding diaryl/α,β-unsaturated/α-hetero) is 2. The number of hydrogen-bond donors (Lipinski definition) is 1. The molecule has 0 bridgehead atoms. The molecule has 0 fully saturated rings. The van der Waals surface area contributed by atoms with Gasteiger partial charge in [-0.2, -0.15) is 0 Å². The molecular weight excluding hydrogens is 248 g/mol. The van der Waals surface area contributed by atoms with Crippen molar-refractivity contribution in [1.29, 1.82) is 0 Å². The Bertz CT molecular complexity index is 631. The molecule has 1 aromatic heterocycles. The van der Waals surface area contributed by atoms with Crippen LogP contribution in [-0.4, -0.2) is 28.2 Å². The summed E-state index contributed by atoms with van der Waals surface area (Å²) in [6, 6.07) is 3.00. The highest BCUT2D eigenvalue weighted by Crippen LogP contribution is 2.17. The van der Waals surface area contributed by atoms with Gasteiger partial charge in [-0.1, -0.05) is 0 Å². The summed E-state index contributed by atoms with van der Waals surface area (Å²) < 4.78 is 0. The number of nitrogens with zero attached hydrogens (tertiary/aromatic N) is 1. The smallest absolute Gasteiger partial charge is 0.231 e. The molecule has 19 heavy (non-hydrogen) atoms. The summed E-state index contributed by atoms with van der Waals surface area (Å²) >= 11 is 0. The quantitative estimate of drug-likeness (QED) is 0.794. The molecule has 0 radical (unpaired) electrons. The van der Waals surface area contributed by atoms with Gasteiger partial charge in [0.05, 0.1) is 17.7 Å². The lowest BCUT2D eigenvalue weighted by molar-refractivity contribution is -0.126. The Morgan fingerprint density at radius 2 is 2.05 bits per heavy atom. The fraction of sp³-hybridized carbons (Fsp3) is 0.154. The Kier molecular flexibility index (Phi) is 3.33. The predicted octanol–water partition coefficient (Wildman–Crippen LogP) is 0.440. The lowest BCUT2D eigenvalue weighted by atomic mass is 9.97. The van der Waals surface area contributed by atoms with Crippen molar-refractivity contribution in [2.75, 3.05) is 0 Å². The maximum Gasteiger partial charge on any atom is 0.231 e. The minimum absolute atomic E-state index is 0.0667. The van der Waals surface area contributed by atoms with Crippen LogP contribution in [0.3, 0.4) is 0 Å². The molecule has 6 nitrogen and oxygen atoms in total. The number of nitrogens with one attached hydrogen (secondary N) is 1. The van der Waals surface area contributed by atoms with Crippen molar-refractivity contribution in [3.63, 3.8) is 0 Å². The predicted molar refractivity (Wildman–Crippen MR) is 64.4 cm³/mol. The molecule has 1 aliphatic carbocycles. The van der Waals surface area contributed by atoms with Gasteiger partial charge in [-0.05, 0) is 19.1 Å². The van der Waals surface area contributed by atoms with Crippen LogP contribution >= 0.6 is 0 Å². The van der Waals surface area contributed by atoms with Crippen LogP contribution in [0.25, 0.3) is 0 Å². The van der Waals surface area contributed by atoms with Gasteiger partial charge in [-0.3, -0.25) is 24.2 Å². The molecule has 1 aliphatic rings. The van der Waals surface area contributed by atoms with Crippen LogP contribution in [0, 0.1) is 0 Å². The number of pyridine rings is 1. The lowest BCUT2D eigenvalue weighted by Gasteiger charge is -2.14. The topological polar surface area (TPSA) is 93.2 Å². The van der Waals surface area contributed by atoms with E-state index in [-0.39, 0.29) is 29.2 Å². The molecule has 1 heterocycles. The van der Waals surface area contributed by atoms with Crippen LogP contribution < -0.4 is 5.32 Å². The average Bonchev–Trinajstić information content (AvgIpc) is 2.34. The van der Waals surface area contributed by atoms with Crippen LogP contribution in [0.5, 0.6) is 0 Å². The third-order valence-electron chi connectivity index (χ3n) is 2.49. The zero-order valence-electron chi connectivity index (χ0n) is 10.1. The number of carbonyl (C=O) groups is 4. The summed E-state index contributed by atoms with van der Waals surface area (Å²) in [7, 11) is 0. The van der Waals surface area contributed by atoms with E-state index >= 15 is 0 Å². The molecule has 1 N–H and O–H groups in total. The van der Waals surface area contributed by atoms with Crippen LogP contribution in [-0.2, 0) is 9.59 Å². The van der Waals surface area contributed by atoms with E-state index in [1.807, 2.05) is 0 Å². The maximum absolute atomic E-state index is 12.0. The lowest BCUT2D eigenvalue weighted by Crippen LogP contribution is -2.32. The number of amides is 1. The van der Waals surface area contributed by atoms with Gasteiger partial charge in [0, 0.05) is 12.3 Å². The molecule has 0 atom stereocenters. The fourth-order valence-corrected chi connectivity index (χ4v) is 1.71. The first-order valence-electron chi connectivity index (χ1n) is 5.54. The third-order valence-corrected chi connectivity index (χ3v) is 2.49. The molecule has 6 heteroatoms. The highest BCUT2D eigenvalue weighted by molar-refractivity contribution is 6.24. The second kappa shape index (κ2) is 4.93. The summed E-state index contributed by atoms with van der Waals surface area (Å²) in [6.45, 7) is 1.26. The van der Waals surface area contributed by atoms with Crippen molar-refractivity contribution in [3.05, 3.63) is 41.4 Å². The summed E-state index contributed by atoms with van der Waals surface area (Å²) in [5.74, 6) is -1.88. The van der Waals surface area contributed by atoms with E-state index < -0.39 is 17.5 Å². The minimum Gasteiger partial charge on any atom is -0.322 e. The third kappa shape index (κ3) is 2.62. The highest BCUT2D eigenvalue weighted by atomic mass is 16.2. The standard InChI is InChI=1S/C13H10N2O4/c1-7(16)5-11(18)15-9-6-10(17)12-8(13(9)19)3-2-4-14-12/h2-4,6H,5H2,1H3,(H,15,18). The Morgan fingerprint density at radius 3 is 2.74 bits per heavy atom. The van der Waals surface area contributed by atoms with E-state index in [1.54, 1.807) is 0 Å². The largest absolute Gasteiger partial charge is 0.322 e. The molecule has 1 aromatic rings. The Balaban J connectivity index is 2.26. The van der Waals surface area contributed by atoms with Crippen molar-refractivity contribution < 1.29 is 19.2 Å². The van der Waals surface area contributed by atoms with Crippen molar-refractivity contribution in [2.24, 2.45) is 0 Å². The van der Waals surface area contributed by atoms with Crippen LogP contribution in [0.1, 0.15) is 34.2 Å². The Morgan fingerprint density at radius 1 is 1.32 bits per heavy atom. The summed E-state index contributed by atoms with van der Waals surface area (Å²) in [5, 5.41) is 2.27. The second-order valence-electron chi connectivity index (χ2n) is 4.08. The van der Waals surface area contributed by atoms with E-state index in [0.717, 1.165) is 6.08 Å². The van der Waals surface area contributed by atoms with Crippen molar-refractivity contribution >= 4 is 23.3 Å². The SMILES string of the molecule is CC(=O)CC(=O)NC1=CC(=O)c2ncccc2C1=O. The first-order chi connectivity index (χ1) is 8.99. The van der Waals surface area contributed by atoms with Gasteiger partial charge < -0.3 is 5.32 Å². The van der Waals surface area contributed by atoms with E-state index in [0.29, 0.717) is 0 Å². The number of rotatable bonds is 3. The summed E-state index contributed by atoms with van der Waals surface area (Å²) in [5.41, 5.74) is 0.0851. The average molecular weight is 258 g/mol. The molecular formula is C13H10N2O4. The monoisotopic (exact) mass is 258 g/mol. The molecule has 96 valence electrons. The molecule has 0 saturated carbocycles. The molecule has 0 aromatic carbocycles. The first kappa shape index (κ1) is 12.8. The second-order valence-corrected chi connectivity index (χ2v) is 4.08. The molecule has 1 amide bonds. The fourth-order valence-electron chi connectivity index (χ4n) is 1.71. The highest BCUT2D eigenvalue weighted by Gasteiger charge is 2.27. The Labute approximate surface area is 108 Å². The van der Waals surface area contributed by atoms with Gasteiger partial charge in [0.1, 0.15) is 11.5 Å². The molecule has 2 rings (SSSR count). The van der Waals surface area contributed by atoms with Gasteiger partial charge in [0.2, 0.25) is 17.5 Å². The van der Waals surface area contributed by atoms with Gasteiger partial charge in [-0.15, -0.1) is 0 Å². The van der Waals surface area contributed by atoms with E-state index in [2.05, 4.69) is 10.3 Å². The molecule has 0 aliphatic heterocycles. The summed E-state index contributed by atoms with van der Waals surface area (Å²) in [4.78, 5) is 49.8. The van der Waals surface area contributed by atoms with Crippen LogP contribution in [0.2, 0.25) is 0 Å². The maximum atomic E-state index is 12.0. The number of allylic oxidation sites excluding steroid dienone is 2. The van der Waals surface area contributed by atoms with Crippen LogP contribution in [0.15, 0.2) is 30.1 Å². The van der Waals surface area contributed by atoms with Gasteiger partial charge in [-0.25, -0.2) is 0 Å². The number of hydrogen-bond acceptors (Lipinski definition) is 5. The van der Waals surface area contributed by atoms with E-state index in [9.17, 15) is 19.2 Å². The van der Waals surface area contributed by atoms with Crippen molar-refractivity contribution in [2.45, 2.75) is 13.3 Å². The van der Waals surface area contributed by atoms with Gasteiger partial charge in [0.25, 0.3) is 0 Å². The minimum atomic E-state index is -0.618.